The fourth-order valence-electron chi connectivity index (χ4n) is 2.93. The predicted octanol–water partition coefficient (Wildman–Crippen LogP) is 2.86. The Morgan fingerprint density at radius 2 is 1.85 bits per heavy atom. The Hall–Kier alpha value is -1.06. The van der Waals surface area contributed by atoms with E-state index in [9.17, 15) is 9.59 Å². The zero-order valence-electron chi connectivity index (χ0n) is 13.7. The molecule has 0 aliphatic carbocycles. The Morgan fingerprint density at radius 1 is 1.20 bits per heavy atom. The van der Waals surface area contributed by atoms with Crippen LogP contribution in [0.3, 0.4) is 0 Å². The van der Waals surface area contributed by atoms with Crippen LogP contribution >= 0.6 is 0 Å². The molecule has 3 unspecified atom stereocenters. The molecule has 1 saturated heterocycles. The second-order valence-corrected chi connectivity index (χ2v) is 6.15. The monoisotopic (exact) mass is 282 g/mol. The Bertz CT molecular complexity index is 356. The number of amides is 2. The van der Waals surface area contributed by atoms with Crippen molar-refractivity contribution < 1.29 is 9.59 Å². The first-order chi connectivity index (χ1) is 9.41. The topological polar surface area (TPSA) is 49.4 Å². The lowest BCUT2D eigenvalue weighted by Crippen LogP contribution is -2.70. The molecule has 0 saturated carbocycles. The molecule has 116 valence electrons. The van der Waals surface area contributed by atoms with Crippen LogP contribution in [0.25, 0.3) is 0 Å². The number of nitrogens with one attached hydrogen (secondary N) is 1. The van der Waals surface area contributed by atoms with Crippen LogP contribution in [0, 0.1) is 0 Å². The normalized spacial score (nSPS) is 28.4. The van der Waals surface area contributed by atoms with Crippen molar-refractivity contribution in [3.8, 4) is 0 Å². The van der Waals surface area contributed by atoms with Crippen molar-refractivity contribution in [1.82, 2.24) is 10.2 Å². The number of unbranched alkanes of at least 4 members (excludes halogenated alkanes) is 1. The number of piperazine rings is 1. The van der Waals surface area contributed by atoms with Crippen molar-refractivity contribution in [3.63, 3.8) is 0 Å². The molecule has 0 aromatic carbocycles. The third-order valence-corrected chi connectivity index (χ3v) is 4.52. The van der Waals surface area contributed by atoms with Crippen molar-refractivity contribution in [2.24, 2.45) is 0 Å². The van der Waals surface area contributed by atoms with E-state index in [4.69, 9.17) is 0 Å². The van der Waals surface area contributed by atoms with E-state index in [1.54, 1.807) is 0 Å². The molecule has 1 aliphatic heterocycles. The van der Waals surface area contributed by atoms with Crippen LogP contribution < -0.4 is 5.32 Å². The van der Waals surface area contributed by atoms with E-state index in [1.807, 2.05) is 25.7 Å². The molecule has 4 heteroatoms. The maximum absolute atomic E-state index is 12.8. The van der Waals surface area contributed by atoms with Crippen LogP contribution in [0.5, 0.6) is 0 Å². The first kappa shape index (κ1) is 17.0. The minimum absolute atomic E-state index is 0.0217. The van der Waals surface area contributed by atoms with Gasteiger partial charge in [-0.3, -0.25) is 9.59 Å². The van der Waals surface area contributed by atoms with Crippen LogP contribution in [-0.2, 0) is 9.59 Å². The Morgan fingerprint density at radius 3 is 2.35 bits per heavy atom. The second kappa shape index (κ2) is 7.09. The van der Waals surface area contributed by atoms with Gasteiger partial charge in [-0.1, -0.05) is 40.0 Å². The molecule has 0 radical (unpaired) electrons. The molecule has 1 N–H and O–H groups in total. The molecular weight excluding hydrogens is 252 g/mol. The van der Waals surface area contributed by atoms with Gasteiger partial charge in [-0.15, -0.1) is 0 Å². The highest BCUT2D eigenvalue weighted by molar-refractivity contribution is 5.99. The van der Waals surface area contributed by atoms with Crippen molar-refractivity contribution in [2.75, 3.05) is 0 Å². The van der Waals surface area contributed by atoms with Gasteiger partial charge in [0, 0.05) is 6.04 Å². The van der Waals surface area contributed by atoms with E-state index in [0.717, 1.165) is 32.1 Å². The van der Waals surface area contributed by atoms with Gasteiger partial charge in [0.25, 0.3) is 0 Å². The molecule has 2 amide bonds. The average molecular weight is 282 g/mol. The third kappa shape index (κ3) is 3.33. The van der Waals surface area contributed by atoms with Gasteiger partial charge in [0.1, 0.15) is 11.6 Å². The van der Waals surface area contributed by atoms with E-state index in [-0.39, 0.29) is 23.9 Å². The van der Waals surface area contributed by atoms with Crippen molar-refractivity contribution >= 4 is 11.8 Å². The number of carbonyl (C=O) groups is 2. The Labute approximate surface area is 123 Å². The molecular formula is C16H30N2O2. The Balaban J connectivity index is 3.01. The van der Waals surface area contributed by atoms with E-state index in [2.05, 4.69) is 19.2 Å². The fourth-order valence-corrected chi connectivity index (χ4v) is 2.93. The molecule has 0 bridgehead atoms. The largest absolute Gasteiger partial charge is 0.340 e. The minimum Gasteiger partial charge on any atom is -0.340 e. The van der Waals surface area contributed by atoms with Gasteiger partial charge in [0.2, 0.25) is 11.8 Å². The van der Waals surface area contributed by atoms with Crippen molar-refractivity contribution in [1.29, 1.82) is 0 Å². The third-order valence-electron chi connectivity index (χ3n) is 4.52. The first-order valence-electron chi connectivity index (χ1n) is 8.06. The standard InChI is InChI=1S/C16H30N2O2/c1-6-9-11-13(10-7-2)18-12(4)14(19)17-16(5,8-3)15(18)20/h12-13H,6-11H2,1-5H3,(H,17,19). The molecule has 0 aromatic rings. The highest BCUT2D eigenvalue weighted by Crippen LogP contribution is 2.27. The van der Waals surface area contributed by atoms with Gasteiger partial charge in [-0.05, 0) is 33.1 Å². The number of rotatable bonds is 7. The highest BCUT2D eigenvalue weighted by atomic mass is 16.2. The van der Waals surface area contributed by atoms with Crippen LogP contribution in [0.2, 0.25) is 0 Å². The van der Waals surface area contributed by atoms with E-state index in [1.165, 1.54) is 0 Å². The summed E-state index contributed by atoms with van der Waals surface area (Å²) in [7, 11) is 0. The minimum atomic E-state index is -0.734. The zero-order valence-corrected chi connectivity index (χ0v) is 13.7. The van der Waals surface area contributed by atoms with Crippen molar-refractivity contribution in [3.05, 3.63) is 0 Å². The molecule has 4 nitrogen and oxygen atoms in total. The lowest BCUT2D eigenvalue weighted by Gasteiger charge is -2.46. The summed E-state index contributed by atoms with van der Waals surface area (Å²) in [5, 5.41) is 2.89. The van der Waals surface area contributed by atoms with Crippen LogP contribution in [0.4, 0.5) is 0 Å². The molecule has 1 aliphatic rings. The number of hydrogen-bond donors (Lipinski definition) is 1. The number of carbonyl (C=O) groups excluding carboxylic acids is 2. The van der Waals surface area contributed by atoms with Gasteiger partial charge in [0.05, 0.1) is 0 Å². The smallest absolute Gasteiger partial charge is 0.248 e. The lowest BCUT2D eigenvalue weighted by molar-refractivity contribution is -0.157. The number of nitrogens with zero attached hydrogens (tertiary/aromatic N) is 1. The van der Waals surface area contributed by atoms with Crippen molar-refractivity contribution in [2.45, 2.75) is 90.8 Å². The molecule has 1 fully saturated rings. The second-order valence-electron chi connectivity index (χ2n) is 6.15. The zero-order chi connectivity index (χ0) is 15.3. The quantitative estimate of drug-likeness (QED) is 0.780. The van der Waals surface area contributed by atoms with E-state index in [0.29, 0.717) is 6.42 Å². The molecule has 0 spiro atoms. The van der Waals surface area contributed by atoms with Gasteiger partial charge >= 0.3 is 0 Å². The van der Waals surface area contributed by atoms with Gasteiger partial charge in [-0.25, -0.2) is 0 Å². The van der Waals surface area contributed by atoms with E-state index < -0.39 is 5.54 Å². The van der Waals surface area contributed by atoms with E-state index >= 15 is 0 Å². The van der Waals surface area contributed by atoms with Crippen LogP contribution in [0.15, 0.2) is 0 Å². The summed E-state index contributed by atoms with van der Waals surface area (Å²) in [6, 6.07) is -0.157. The molecule has 20 heavy (non-hydrogen) atoms. The molecule has 1 rings (SSSR count). The summed E-state index contributed by atoms with van der Waals surface area (Å²) in [5.41, 5.74) is -0.734. The number of hydrogen-bond acceptors (Lipinski definition) is 2. The van der Waals surface area contributed by atoms with Gasteiger partial charge < -0.3 is 10.2 Å². The summed E-state index contributed by atoms with van der Waals surface area (Å²) in [5.74, 6) is 0.0632. The molecule has 3 atom stereocenters. The summed E-state index contributed by atoms with van der Waals surface area (Å²) >= 11 is 0. The predicted molar refractivity (Wildman–Crippen MR) is 81.4 cm³/mol. The highest BCUT2D eigenvalue weighted by Gasteiger charge is 2.47. The SMILES string of the molecule is CCCCC(CCC)N1C(=O)C(C)(CC)NC(=O)C1C. The summed E-state index contributed by atoms with van der Waals surface area (Å²) < 4.78 is 0. The Kier molecular flexibility index (Phi) is 6.03. The van der Waals surface area contributed by atoms with Gasteiger partial charge in [-0.2, -0.15) is 0 Å². The maximum atomic E-state index is 12.8. The lowest BCUT2D eigenvalue weighted by atomic mass is 9.89. The average Bonchev–Trinajstić information content (AvgIpc) is 2.42. The summed E-state index contributed by atoms with van der Waals surface area (Å²) in [6.45, 7) is 9.93. The van der Waals surface area contributed by atoms with Crippen LogP contribution in [-0.4, -0.2) is 34.3 Å². The molecule has 0 aromatic heterocycles. The first-order valence-corrected chi connectivity index (χ1v) is 8.06. The summed E-state index contributed by atoms with van der Waals surface area (Å²) in [6.07, 6.45) is 5.86. The fraction of sp³-hybridized carbons (Fsp3) is 0.875. The molecule has 1 heterocycles. The van der Waals surface area contributed by atoms with Gasteiger partial charge in [0.15, 0.2) is 0 Å². The summed E-state index contributed by atoms with van der Waals surface area (Å²) in [4.78, 5) is 26.9. The van der Waals surface area contributed by atoms with Crippen LogP contribution in [0.1, 0.15) is 73.1 Å². The maximum Gasteiger partial charge on any atom is 0.248 e.